The van der Waals surface area contributed by atoms with Crippen molar-refractivity contribution in [3.8, 4) is 0 Å². The van der Waals surface area contributed by atoms with Crippen molar-refractivity contribution in [2.24, 2.45) is 11.1 Å². The number of hydrogen-bond donors (Lipinski definition) is 1. The van der Waals surface area contributed by atoms with E-state index in [4.69, 9.17) is 5.73 Å². The number of nitrogens with two attached hydrogens (primary N) is 1. The molecule has 18 heavy (non-hydrogen) atoms. The van der Waals surface area contributed by atoms with Crippen LogP contribution >= 0.6 is 0 Å². The molecule has 0 unspecified atom stereocenters. The summed E-state index contributed by atoms with van der Waals surface area (Å²) in [5.74, 6) is -0.185. The van der Waals surface area contributed by atoms with Crippen molar-refractivity contribution in [1.82, 2.24) is 0 Å². The zero-order valence-electron chi connectivity index (χ0n) is 12.3. The Balaban J connectivity index is 3.17. The van der Waals surface area contributed by atoms with E-state index in [1.54, 1.807) is 13.0 Å². The van der Waals surface area contributed by atoms with Crippen molar-refractivity contribution >= 4 is 5.69 Å². The van der Waals surface area contributed by atoms with Gasteiger partial charge in [-0.15, -0.1) is 0 Å². The van der Waals surface area contributed by atoms with Gasteiger partial charge < -0.3 is 10.6 Å². The maximum atomic E-state index is 13.6. The minimum atomic E-state index is -0.185. The molecule has 0 saturated heterocycles. The van der Waals surface area contributed by atoms with Gasteiger partial charge >= 0.3 is 0 Å². The lowest BCUT2D eigenvalue weighted by molar-refractivity contribution is 0.418. The lowest BCUT2D eigenvalue weighted by Gasteiger charge is -2.31. The normalized spacial score (nSPS) is 13.6. The third kappa shape index (κ3) is 3.70. The first-order chi connectivity index (χ1) is 8.11. The highest BCUT2D eigenvalue weighted by Gasteiger charge is 2.18. The van der Waals surface area contributed by atoms with E-state index < -0.39 is 0 Å². The van der Waals surface area contributed by atoms with Crippen LogP contribution in [0.15, 0.2) is 12.1 Å². The molecule has 0 spiro atoms. The summed E-state index contributed by atoms with van der Waals surface area (Å²) < 4.78 is 13.6. The van der Waals surface area contributed by atoms with E-state index in [0.717, 1.165) is 17.8 Å². The number of aryl methyl sites for hydroxylation is 1. The highest BCUT2D eigenvalue weighted by atomic mass is 19.1. The molecule has 0 aliphatic heterocycles. The number of hydrogen-bond acceptors (Lipinski definition) is 2. The van der Waals surface area contributed by atoms with Crippen molar-refractivity contribution in [2.45, 2.75) is 40.7 Å². The molecule has 1 rings (SSSR count). The molecule has 3 heteroatoms. The molecular weight excluding hydrogens is 227 g/mol. The van der Waals surface area contributed by atoms with Crippen LogP contribution in [0.4, 0.5) is 10.1 Å². The van der Waals surface area contributed by atoms with E-state index in [0.29, 0.717) is 5.56 Å². The predicted molar refractivity (Wildman–Crippen MR) is 76.5 cm³/mol. The fraction of sp³-hybridized carbons (Fsp3) is 0.600. The van der Waals surface area contributed by atoms with Gasteiger partial charge in [0.05, 0.1) is 0 Å². The van der Waals surface area contributed by atoms with Crippen LogP contribution < -0.4 is 10.6 Å². The summed E-state index contributed by atoms with van der Waals surface area (Å²) in [5, 5.41) is 0. The third-order valence-corrected chi connectivity index (χ3v) is 2.92. The van der Waals surface area contributed by atoms with Crippen LogP contribution in [0.5, 0.6) is 0 Å². The van der Waals surface area contributed by atoms with E-state index in [-0.39, 0.29) is 17.3 Å². The zero-order chi connectivity index (χ0) is 14.1. The molecule has 0 radical (unpaired) electrons. The highest BCUT2D eigenvalue weighted by molar-refractivity contribution is 5.56. The van der Waals surface area contributed by atoms with Gasteiger partial charge in [0.15, 0.2) is 0 Å². The van der Waals surface area contributed by atoms with Gasteiger partial charge in [0.1, 0.15) is 5.82 Å². The van der Waals surface area contributed by atoms with Gasteiger partial charge in [0.25, 0.3) is 0 Å². The van der Waals surface area contributed by atoms with Crippen molar-refractivity contribution in [3.05, 3.63) is 29.1 Å². The molecule has 1 aromatic rings. The minimum Gasteiger partial charge on any atom is -0.374 e. The minimum absolute atomic E-state index is 0.169. The molecule has 0 saturated carbocycles. The van der Waals surface area contributed by atoms with E-state index in [9.17, 15) is 4.39 Å². The third-order valence-electron chi connectivity index (χ3n) is 2.92. The van der Waals surface area contributed by atoms with Crippen LogP contribution in [0, 0.1) is 18.2 Å². The van der Waals surface area contributed by atoms with Crippen molar-refractivity contribution in [3.63, 3.8) is 0 Å². The first-order valence-corrected chi connectivity index (χ1v) is 6.38. The number of rotatable bonds is 3. The molecule has 0 amide bonds. The second-order valence-electron chi connectivity index (χ2n) is 6.37. The standard InChI is InChI=1S/C15H25FN2/c1-10-7-14(18(6)9-15(3,4)5)12(11(2)17)8-13(10)16/h7-8,11H,9,17H2,1-6H3/t11-/m0/s1. The first-order valence-electron chi connectivity index (χ1n) is 6.38. The summed E-state index contributed by atoms with van der Waals surface area (Å²) >= 11 is 0. The Labute approximate surface area is 110 Å². The molecule has 0 heterocycles. The molecule has 102 valence electrons. The molecule has 0 fully saturated rings. The Bertz CT molecular complexity index is 419. The molecule has 1 atom stereocenters. The van der Waals surface area contributed by atoms with E-state index >= 15 is 0 Å². The summed E-state index contributed by atoms with van der Waals surface area (Å²) in [5.41, 5.74) is 8.68. The largest absolute Gasteiger partial charge is 0.374 e. The van der Waals surface area contributed by atoms with Crippen LogP contribution in [0.25, 0.3) is 0 Å². The van der Waals surface area contributed by atoms with E-state index in [2.05, 4.69) is 25.7 Å². The number of anilines is 1. The summed E-state index contributed by atoms with van der Waals surface area (Å²) in [6.07, 6.45) is 0. The molecular formula is C15H25FN2. The van der Waals surface area contributed by atoms with Gasteiger partial charge in [-0.2, -0.15) is 0 Å². The van der Waals surface area contributed by atoms with Crippen LogP contribution in [0.1, 0.15) is 44.9 Å². The van der Waals surface area contributed by atoms with E-state index in [1.807, 2.05) is 20.0 Å². The summed E-state index contributed by atoms with van der Waals surface area (Å²) in [6, 6.07) is 3.28. The Morgan fingerprint density at radius 2 is 1.89 bits per heavy atom. The summed E-state index contributed by atoms with van der Waals surface area (Å²) in [4.78, 5) is 2.16. The Morgan fingerprint density at radius 1 is 1.33 bits per heavy atom. The summed E-state index contributed by atoms with van der Waals surface area (Å²) in [6.45, 7) is 11.1. The monoisotopic (exact) mass is 252 g/mol. The van der Waals surface area contributed by atoms with Gasteiger partial charge in [0, 0.05) is 25.3 Å². The molecule has 2 N–H and O–H groups in total. The topological polar surface area (TPSA) is 29.3 Å². The maximum Gasteiger partial charge on any atom is 0.126 e. The molecule has 2 nitrogen and oxygen atoms in total. The highest BCUT2D eigenvalue weighted by Crippen LogP contribution is 2.29. The van der Waals surface area contributed by atoms with Crippen molar-refractivity contribution < 1.29 is 4.39 Å². The van der Waals surface area contributed by atoms with Gasteiger partial charge in [-0.3, -0.25) is 0 Å². The lowest BCUT2D eigenvalue weighted by Crippen LogP contribution is -2.30. The molecule has 0 aromatic heterocycles. The smallest absolute Gasteiger partial charge is 0.126 e. The Hall–Kier alpha value is -1.09. The van der Waals surface area contributed by atoms with Gasteiger partial charge in [-0.25, -0.2) is 4.39 Å². The zero-order valence-corrected chi connectivity index (χ0v) is 12.3. The Morgan fingerprint density at radius 3 is 2.33 bits per heavy atom. The summed E-state index contributed by atoms with van der Waals surface area (Å²) in [7, 11) is 2.03. The second-order valence-corrected chi connectivity index (χ2v) is 6.37. The molecule has 0 aliphatic rings. The second kappa shape index (κ2) is 5.27. The van der Waals surface area contributed by atoms with Crippen LogP contribution in [0.3, 0.4) is 0 Å². The van der Waals surface area contributed by atoms with Gasteiger partial charge in [0.2, 0.25) is 0 Å². The fourth-order valence-corrected chi connectivity index (χ4v) is 2.17. The number of benzene rings is 1. The SMILES string of the molecule is Cc1cc(N(C)CC(C)(C)C)c([C@H](C)N)cc1F. The lowest BCUT2D eigenvalue weighted by atomic mass is 9.95. The van der Waals surface area contributed by atoms with E-state index in [1.165, 1.54) is 0 Å². The predicted octanol–water partition coefficient (Wildman–Crippen LogP) is 3.64. The van der Waals surface area contributed by atoms with Gasteiger partial charge in [-0.1, -0.05) is 20.8 Å². The molecule has 1 aromatic carbocycles. The van der Waals surface area contributed by atoms with Crippen LogP contribution in [0.2, 0.25) is 0 Å². The molecule has 0 aliphatic carbocycles. The maximum absolute atomic E-state index is 13.6. The fourth-order valence-electron chi connectivity index (χ4n) is 2.17. The number of nitrogens with zero attached hydrogens (tertiary/aromatic N) is 1. The average Bonchev–Trinajstić information content (AvgIpc) is 2.18. The van der Waals surface area contributed by atoms with Gasteiger partial charge in [-0.05, 0) is 42.5 Å². The van der Waals surface area contributed by atoms with Crippen molar-refractivity contribution in [2.75, 3.05) is 18.5 Å². The quantitative estimate of drug-likeness (QED) is 0.890. The average molecular weight is 252 g/mol. The van der Waals surface area contributed by atoms with Crippen LogP contribution in [-0.4, -0.2) is 13.6 Å². The van der Waals surface area contributed by atoms with Crippen LogP contribution in [-0.2, 0) is 0 Å². The van der Waals surface area contributed by atoms with Crippen molar-refractivity contribution in [1.29, 1.82) is 0 Å². The number of halogens is 1. The molecule has 0 bridgehead atoms. The Kier molecular flexibility index (Phi) is 4.38. The first kappa shape index (κ1) is 15.0.